The number of aromatic nitrogens is 2. The summed E-state index contributed by atoms with van der Waals surface area (Å²) in [5.74, 6) is -0.567. The fraction of sp³-hybridized carbons (Fsp3) is 0.125. The fourth-order valence-corrected chi connectivity index (χ4v) is 2.12. The molecule has 0 aliphatic rings. The van der Waals surface area contributed by atoms with E-state index in [0.29, 0.717) is 17.1 Å². The van der Waals surface area contributed by atoms with E-state index in [2.05, 4.69) is 10.1 Å². The largest absolute Gasteiger partial charge is 0.493 e. The molecular formula is C16H12F2N2O3. The Labute approximate surface area is 130 Å². The van der Waals surface area contributed by atoms with Gasteiger partial charge >= 0.3 is 0 Å². The monoisotopic (exact) mass is 318 g/mol. The fourth-order valence-electron chi connectivity index (χ4n) is 2.12. The van der Waals surface area contributed by atoms with Gasteiger partial charge in [0.05, 0.1) is 14.2 Å². The highest BCUT2D eigenvalue weighted by atomic mass is 19.1. The van der Waals surface area contributed by atoms with E-state index in [4.69, 9.17) is 14.0 Å². The number of hydrogen-bond donors (Lipinski definition) is 0. The lowest BCUT2D eigenvalue weighted by Crippen LogP contribution is -1.92. The third-order valence-electron chi connectivity index (χ3n) is 3.24. The second kappa shape index (κ2) is 6.04. The molecule has 23 heavy (non-hydrogen) atoms. The van der Waals surface area contributed by atoms with Crippen LogP contribution in [0, 0.1) is 11.6 Å². The zero-order valence-electron chi connectivity index (χ0n) is 12.3. The van der Waals surface area contributed by atoms with Crippen molar-refractivity contribution in [3.05, 3.63) is 48.0 Å². The van der Waals surface area contributed by atoms with Crippen LogP contribution in [0.3, 0.4) is 0 Å². The highest BCUT2D eigenvalue weighted by molar-refractivity contribution is 5.63. The number of nitrogens with zero attached hydrogens (tertiary/aromatic N) is 2. The average molecular weight is 318 g/mol. The maximum atomic E-state index is 13.8. The molecule has 0 radical (unpaired) electrons. The maximum Gasteiger partial charge on any atom is 0.264 e. The molecule has 0 amide bonds. The van der Waals surface area contributed by atoms with E-state index < -0.39 is 11.6 Å². The summed E-state index contributed by atoms with van der Waals surface area (Å²) >= 11 is 0. The lowest BCUT2D eigenvalue weighted by atomic mass is 10.2. The molecule has 0 aliphatic carbocycles. The Hall–Kier alpha value is -2.96. The van der Waals surface area contributed by atoms with Crippen LogP contribution in [0.25, 0.3) is 22.8 Å². The van der Waals surface area contributed by atoms with Gasteiger partial charge in [0.2, 0.25) is 5.82 Å². The summed E-state index contributed by atoms with van der Waals surface area (Å²) in [6.07, 6.45) is 0. The van der Waals surface area contributed by atoms with Crippen LogP contribution in [0.2, 0.25) is 0 Å². The lowest BCUT2D eigenvalue weighted by molar-refractivity contribution is 0.355. The molecule has 0 saturated heterocycles. The van der Waals surface area contributed by atoms with E-state index in [9.17, 15) is 8.78 Å². The van der Waals surface area contributed by atoms with E-state index in [-0.39, 0.29) is 17.3 Å². The van der Waals surface area contributed by atoms with Crippen LogP contribution >= 0.6 is 0 Å². The molecule has 1 aromatic heterocycles. The number of methoxy groups -OCH3 is 2. The molecular weight excluding hydrogens is 306 g/mol. The minimum atomic E-state index is -0.771. The summed E-state index contributed by atoms with van der Waals surface area (Å²) < 4.78 is 42.8. The van der Waals surface area contributed by atoms with Crippen molar-refractivity contribution >= 4 is 0 Å². The third-order valence-corrected chi connectivity index (χ3v) is 3.24. The zero-order valence-corrected chi connectivity index (χ0v) is 12.3. The van der Waals surface area contributed by atoms with Crippen LogP contribution in [-0.2, 0) is 0 Å². The van der Waals surface area contributed by atoms with Gasteiger partial charge in [-0.1, -0.05) is 11.2 Å². The SMILES string of the molecule is COc1ccc(-c2noc(-c3c(F)cccc3F)n2)cc1OC. The standard InChI is InChI=1S/C16H12F2N2O3/c1-21-12-7-6-9(8-13(12)22-2)15-19-16(23-20-15)14-10(17)4-3-5-11(14)18/h3-8H,1-2H3. The molecule has 0 atom stereocenters. The van der Waals surface area contributed by atoms with E-state index in [1.807, 2.05) is 0 Å². The Kier molecular flexibility index (Phi) is 3.92. The predicted octanol–water partition coefficient (Wildman–Crippen LogP) is 3.70. The first-order valence-electron chi connectivity index (χ1n) is 6.64. The van der Waals surface area contributed by atoms with Crippen LogP contribution in [0.5, 0.6) is 11.5 Å². The highest BCUT2D eigenvalue weighted by Gasteiger charge is 2.19. The second-order valence-electron chi connectivity index (χ2n) is 4.59. The topological polar surface area (TPSA) is 57.4 Å². The molecule has 5 nitrogen and oxygen atoms in total. The van der Waals surface area contributed by atoms with Gasteiger partial charge in [-0.25, -0.2) is 8.78 Å². The van der Waals surface area contributed by atoms with Crippen molar-refractivity contribution in [2.45, 2.75) is 0 Å². The molecule has 0 saturated carbocycles. The third kappa shape index (κ3) is 2.73. The molecule has 0 bridgehead atoms. The zero-order chi connectivity index (χ0) is 16.4. The normalized spacial score (nSPS) is 10.6. The predicted molar refractivity (Wildman–Crippen MR) is 78.2 cm³/mol. The summed E-state index contributed by atoms with van der Waals surface area (Å²) in [5.41, 5.74) is 0.209. The molecule has 1 heterocycles. The number of halogens is 2. The number of hydrogen-bond acceptors (Lipinski definition) is 5. The maximum absolute atomic E-state index is 13.8. The van der Waals surface area contributed by atoms with Gasteiger partial charge in [0, 0.05) is 5.56 Å². The van der Waals surface area contributed by atoms with Crippen molar-refractivity contribution in [1.82, 2.24) is 10.1 Å². The van der Waals surface area contributed by atoms with Crippen LogP contribution in [-0.4, -0.2) is 24.4 Å². The second-order valence-corrected chi connectivity index (χ2v) is 4.59. The number of ether oxygens (including phenoxy) is 2. The van der Waals surface area contributed by atoms with Gasteiger partial charge in [-0.3, -0.25) is 0 Å². The average Bonchev–Trinajstić information content (AvgIpc) is 3.03. The summed E-state index contributed by atoms with van der Waals surface area (Å²) in [7, 11) is 3.02. The Morgan fingerprint density at radius 3 is 2.30 bits per heavy atom. The van der Waals surface area contributed by atoms with Gasteiger partial charge in [0.1, 0.15) is 17.2 Å². The number of rotatable bonds is 4. The highest BCUT2D eigenvalue weighted by Crippen LogP contribution is 2.32. The molecule has 0 N–H and O–H groups in total. The van der Waals surface area contributed by atoms with E-state index in [0.717, 1.165) is 12.1 Å². The van der Waals surface area contributed by atoms with Gasteiger partial charge in [0.25, 0.3) is 5.89 Å². The summed E-state index contributed by atoms with van der Waals surface area (Å²) in [4.78, 5) is 4.05. The summed E-state index contributed by atoms with van der Waals surface area (Å²) in [5, 5.41) is 3.76. The van der Waals surface area contributed by atoms with Crippen molar-refractivity contribution in [1.29, 1.82) is 0 Å². The molecule has 3 rings (SSSR count). The molecule has 0 spiro atoms. The smallest absolute Gasteiger partial charge is 0.264 e. The molecule has 0 aliphatic heterocycles. The molecule has 0 unspecified atom stereocenters. The van der Waals surface area contributed by atoms with Gasteiger partial charge < -0.3 is 14.0 Å². The first-order chi connectivity index (χ1) is 11.1. The van der Waals surface area contributed by atoms with Crippen LogP contribution < -0.4 is 9.47 Å². The van der Waals surface area contributed by atoms with Crippen molar-refractivity contribution in [2.75, 3.05) is 14.2 Å². The van der Waals surface area contributed by atoms with Crippen molar-refractivity contribution < 1.29 is 22.8 Å². The van der Waals surface area contributed by atoms with Crippen LogP contribution in [0.4, 0.5) is 8.78 Å². The van der Waals surface area contributed by atoms with Crippen molar-refractivity contribution in [2.24, 2.45) is 0 Å². The molecule has 3 aromatic rings. The van der Waals surface area contributed by atoms with Crippen LogP contribution in [0.15, 0.2) is 40.9 Å². The quantitative estimate of drug-likeness (QED) is 0.734. The Bertz CT molecular complexity index is 829. The summed E-state index contributed by atoms with van der Waals surface area (Å²) in [6.45, 7) is 0. The summed E-state index contributed by atoms with van der Waals surface area (Å²) in [6, 6.07) is 8.52. The first-order valence-corrected chi connectivity index (χ1v) is 6.64. The number of benzene rings is 2. The molecule has 2 aromatic carbocycles. The van der Waals surface area contributed by atoms with Gasteiger partial charge in [-0.05, 0) is 30.3 Å². The van der Waals surface area contributed by atoms with Crippen molar-refractivity contribution in [3.8, 4) is 34.3 Å². The first kappa shape index (κ1) is 15.0. The van der Waals surface area contributed by atoms with Gasteiger partial charge in [-0.2, -0.15) is 4.98 Å². The minimum Gasteiger partial charge on any atom is -0.493 e. The van der Waals surface area contributed by atoms with E-state index in [1.54, 1.807) is 18.2 Å². The Morgan fingerprint density at radius 1 is 0.957 bits per heavy atom. The molecule has 118 valence electrons. The molecule has 0 fully saturated rings. The Morgan fingerprint density at radius 2 is 1.65 bits per heavy atom. The van der Waals surface area contributed by atoms with Gasteiger partial charge in [-0.15, -0.1) is 0 Å². The van der Waals surface area contributed by atoms with Crippen molar-refractivity contribution in [3.63, 3.8) is 0 Å². The van der Waals surface area contributed by atoms with Gasteiger partial charge in [0.15, 0.2) is 11.5 Å². The molecule has 7 heteroatoms. The lowest BCUT2D eigenvalue weighted by Gasteiger charge is -2.07. The Balaban J connectivity index is 2.03. The minimum absolute atomic E-state index is 0.184. The van der Waals surface area contributed by atoms with E-state index in [1.165, 1.54) is 20.3 Å². The van der Waals surface area contributed by atoms with Crippen LogP contribution in [0.1, 0.15) is 0 Å². The van der Waals surface area contributed by atoms with E-state index >= 15 is 0 Å².